The van der Waals surface area contributed by atoms with Crippen LogP contribution >= 0.6 is 0 Å². The average molecular weight is 292 g/mol. The second-order valence-electron chi connectivity index (χ2n) is 5.61. The number of ether oxygens (including phenoxy) is 2. The normalized spacial score (nSPS) is 17.0. The van der Waals surface area contributed by atoms with E-state index in [1.807, 2.05) is 12.1 Å². The number of benzene rings is 1. The van der Waals surface area contributed by atoms with Crippen LogP contribution in [0.15, 0.2) is 24.3 Å². The monoisotopic (exact) mass is 292 g/mol. The summed E-state index contributed by atoms with van der Waals surface area (Å²) in [6.45, 7) is 7.49. The second-order valence-corrected chi connectivity index (χ2v) is 5.61. The lowest BCUT2D eigenvalue weighted by Crippen LogP contribution is -2.34. The van der Waals surface area contributed by atoms with Gasteiger partial charge in [-0.15, -0.1) is 0 Å². The summed E-state index contributed by atoms with van der Waals surface area (Å²) in [5.74, 6) is 0.963. The minimum atomic E-state index is 0.404. The minimum Gasteiger partial charge on any atom is -0.491 e. The second kappa shape index (κ2) is 9.03. The first-order valence-electron chi connectivity index (χ1n) is 8.01. The van der Waals surface area contributed by atoms with Crippen LogP contribution in [-0.4, -0.2) is 50.9 Å². The highest BCUT2D eigenvalue weighted by molar-refractivity contribution is 5.33. The van der Waals surface area contributed by atoms with Gasteiger partial charge in [0.15, 0.2) is 0 Å². The summed E-state index contributed by atoms with van der Waals surface area (Å²) in [6, 6.07) is 8.20. The van der Waals surface area contributed by atoms with Gasteiger partial charge in [-0.05, 0) is 32.5 Å². The van der Waals surface area contributed by atoms with E-state index in [4.69, 9.17) is 9.47 Å². The smallest absolute Gasteiger partial charge is 0.123 e. The molecule has 0 bridgehead atoms. The lowest BCUT2D eigenvalue weighted by atomic mass is 10.1. The molecule has 0 aromatic heterocycles. The van der Waals surface area contributed by atoms with Gasteiger partial charge in [0.25, 0.3) is 0 Å². The molecule has 1 fully saturated rings. The molecule has 1 N–H and O–H groups in total. The Kier molecular flexibility index (Phi) is 7.00. The van der Waals surface area contributed by atoms with E-state index in [-0.39, 0.29) is 0 Å². The maximum atomic E-state index is 5.91. The fourth-order valence-electron chi connectivity index (χ4n) is 2.57. The van der Waals surface area contributed by atoms with Crippen LogP contribution in [0.1, 0.15) is 25.3 Å². The van der Waals surface area contributed by atoms with E-state index in [9.17, 15) is 0 Å². The Labute approximate surface area is 128 Å². The largest absolute Gasteiger partial charge is 0.491 e. The van der Waals surface area contributed by atoms with Gasteiger partial charge in [0.05, 0.1) is 12.7 Å². The topological polar surface area (TPSA) is 33.7 Å². The third kappa shape index (κ3) is 5.65. The van der Waals surface area contributed by atoms with Gasteiger partial charge in [0, 0.05) is 25.2 Å². The van der Waals surface area contributed by atoms with Crippen molar-refractivity contribution in [2.75, 3.05) is 39.9 Å². The van der Waals surface area contributed by atoms with E-state index in [1.165, 1.54) is 5.56 Å². The van der Waals surface area contributed by atoms with Crippen LogP contribution in [0.4, 0.5) is 0 Å². The fourth-order valence-corrected chi connectivity index (χ4v) is 2.57. The molecule has 118 valence electrons. The lowest BCUT2D eigenvalue weighted by Gasteiger charge is -2.28. The van der Waals surface area contributed by atoms with Gasteiger partial charge >= 0.3 is 0 Å². The van der Waals surface area contributed by atoms with Crippen molar-refractivity contribution in [1.82, 2.24) is 10.2 Å². The third-order valence-corrected chi connectivity index (χ3v) is 3.90. The van der Waals surface area contributed by atoms with Crippen molar-refractivity contribution in [2.24, 2.45) is 0 Å². The van der Waals surface area contributed by atoms with Crippen LogP contribution in [0.3, 0.4) is 0 Å². The van der Waals surface area contributed by atoms with Crippen LogP contribution < -0.4 is 10.1 Å². The zero-order valence-corrected chi connectivity index (χ0v) is 13.3. The number of likely N-dealkylation sites (tertiary alicyclic amines) is 1. The molecule has 2 rings (SSSR count). The van der Waals surface area contributed by atoms with Crippen LogP contribution in [0.5, 0.6) is 5.75 Å². The molecule has 4 nitrogen and oxygen atoms in total. The molecular weight excluding hydrogens is 264 g/mol. The number of rotatable bonds is 8. The Morgan fingerprint density at radius 3 is 2.71 bits per heavy atom. The average Bonchev–Trinajstić information content (AvgIpc) is 2.52. The van der Waals surface area contributed by atoms with E-state index >= 15 is 0 Å². The first-order chi connectivity index (χ1) is 10.3. The summed E-state index contributed by atoms with van der Waals surface area (Å²) in [4.78, 5) is 2.35. The molecule has 1 heterocycles. The molecule has 0 spiro atoms. The van der Waals surface area contributed by atoms with Crippen molar-refractivity contribution in [3.05, 3.63) is 29.8 Å². The van der Waals surface area contributed by atoms with Crippen LogP contribution in [0, 0.1) is 0 Å². The maximum Gasteiger partial charge on any atom is 0.123 e. The molecule has 0 saturated carbocycles. The molecule has 21 heavy (non-hydrogen) atoms. The van der Waals surface area contributed by atoms with Crippen molar-refractivity contribution >= 4 is 0 Å². The molecule has 0 unspecified atom stereocenters. The Balaban J connectivity index is 1.68. The van der Waals surface area contributed by atoms with Crippen molar-refractivity contribution in [3.8, 4) is 5.75 Å². The fraction of sp³-hybridized carbons (Fsp3) is 0.647. The van der Waals surface area contributed by atoms with Crippen LogP contribution in [-0.2, 0) is 11.3 Å². The molecule has 1 saturated heterocycles. The van der Waals surface area contributed by atoms with Gasteiger partial charge in [-0.3, -0.25) is 0 Å². The van der Waals surface area contributed by atoms with Gasteiger partial charge in [-0.2, -0.15) is 0 Å². The highest BCUT2D eigenvalue weighted by Crippen LogP contribution is 2.18. The third-order valence-electron chi connectivity index (χ3n) is 3.90. The molecule has 1 aliphatic heterocycles. The first-order valence-corrected chi connectivity index (χ1v) is 8.01. The Morgan fingerprint density at radius 1 is 1.19 bits per heavy atom. The standard InChI is InChI=1S/C17H28N2O2/c1-3-18-14-15-6-4-5-7-17(15)21-13-12-20-16-8-10-19(2)11-9-16/h4-7,16,18H,3,8-14H2,1-2H3. The molecular formula is C17H28N2O2. The van der Waals surface area contributed by atoms with Crippen LogP contribution in [0.2, 0.25) is 0 Å². The van der Waals surface area contributed by atoms with Gasteiger partial charge in [0.1, 0.15) is 12.4 Å². The molecule has 0 radical (unpaired) electrons. The molecule has 0 aliphatic carbocycles. The number of hydrogen-bond donors (Lipinski definition) is 1. The number of nitrogens with zero attached hydrogens (tertiary/aromatic N) is 1. The number of para-hydroxylation sites is 1. The molecule has 1 aromatic carbocycles. The molecule has 1 aromatic rings. The Hall–Kier alpha value is -1.10. The molecule has 1 aliphatic rings. The van der Waals surface area contributed by atoms with Crippen molar-refractivity contribution in [2.45, 2.75) is 32.4 Å². The van der Waals surface area contributed by atoms with E-state index in [0.717, 1.165) is 44.8 Å². The van der Waals surface area contributed by atoms with E-state index in [1.54, 1.807) is 0 Å². The summed E-state index contributed by atoms with van der Waals surface area (Å²) in [5, 5.41) is 3.34. The summed E-state index contributed by atoms with van der Waals surface area (Å²) in [5.41, 5.74) is 1.21. The highest BCUT2D eigenvalue weighted by atomic mass is 16.5. The van der Waals surface area contributed by atoms with Gasteiger partial charge in [-0.25, -0.2) is 0 Å². The zero-order chi connectivity index (χ0) is 14.9. The Bertz CT molecular complexity index is 404. The summed E-state index contributed by atoms with van der Waals surface area (Å²) < 4.78 is 11.8. The van der Waals surface area contributed by atoms with E-state index in [0.29, 0.717) is 19.3 Å². The van der Waals surface area contributed by atoms with Crippen molar-refractivity contribution in [1.29, 1.82) is 0 Å². The van der Waals surface area contributed by atoms with Crippen molar-refractivity contribution in [3.63, 3.8) is 0 Å². The van der Waals surface area contributed by atoms with Crippen molar-refractivity contribution < 1.29 is 9.47 Å². The predicted molar refractivity (Wildman–Crippen MR) is 85.8 cm³/mol. The van der Waals surface area contributed by atoms with E-state index in [2.05, 4.69) is 36.3 Å². The number of piperidine rings is 1. The predicted octanol–water partition coefficient (Wildman–Crippen LogP) is 2.29. The molecule has 0 amide bonds. The Morgan fingerprint density at radius 2 is 1.95 bits per heavy atom. The molecule has 4 heteroatoms. The lowest BCUT2D eigenvalue weighted by molar-refractivity contribution is -0.000359. The van der Waals surface area contributed by atoms with Gasteiger partial charge in [-0.1, -0.05) is 25.1 Å². The van der Waals surface area contributed by atoms with Crippen LogP contribution in [0.25, 0.3) is 0 Å². The van der Waals surface area contributed by atoms with Gasteiger partial charge in [0.2, 0.25) is 0 Å². The molecule has 0 atom stereocenters. The number of hydrogen-bond acceptors (Lipinski definition) is 4. The first kappa shape index (κ1) is 16.3. The zero-order valence-electron chi connectivity index (χ0n) is 13.3. The quantitative estimate of drug-likeness (QED) is 0.745. The maximum absolute atomic E-state index is 5.91. The summed E-state index contributed by atoms with van der Waals surface area (Å²) in [6.07, 6.45) is 2.67. The number of nitrogens with one attached hydrogen (secondary N) is 1. The SMILES string of the molecule is CCNCc1ccccc1OCCOC1CCN(C)CC1. The van der Waals surface area contributed by atoms with E-state index < -0.39 is 0 Å². The summed E-state index contributed by atoms with van der Waals surface area (Å²) in [7, 11) is 2.17. The minimum absolute atomic E-state index is 0.404. The van der Waals surface area contributed by atoms with Gasteiger partial charge < -0.3 is 19.7 Å². The highest BCUT2D eigenvalue weighted by Gasteiger charge is 2.16. The summed E-state index contributed by atoms with van der Waals surface area (Å²) >= 11 is 0.